The van der Waals surface area contributed by atoms with Gasteiger partial charge in [-0.1, -0.05) is 0 Å². The molecule has 0 spiro atoms. The molecule has 0 saturated carbocycles. The molecule has 3 nitrogen and oxygen atoms in total. The third-order valence-electron chi connectivity index (χ3n) is 3.17. The summed E-state index contributed by atoms with van der Waals surface area (Å²) in [5.74, 6) is 0.991. The Morgan fingerprint density at radius 3 is 2.87 bits per heavy atom. The maximum atomic E-state index is 13.5. The standard InChI is InChI=1S/C11H13FN2O/c12-8-1-2-9-10(11(8)14-15-9)7-3-5-13-6-4-7/h1-2,7,13-14H,3-6H2. The van der Waals surface area contributed by atoms with Crippen molar-refractivity contribution in [2.24, 2.45) is 0 Å². The molecule has 2 aliphatic rings. The van der Waals surface area contributed by atoms with Crippen LogP contribution in [0.15, 0.2) is 12.1 Å². The zero-order valence-corrected chi connectivity index (χ0v) is 8.35. The lowest BCUT2D eigenvalue weighted by molar-refractivity contribution is 0.411. The van der Waals surface area contributed by atoms with Gasteiger partial charge < -0.3 is 10.2 Å². The molecule has 1 aromatic carbocycles. The molecule has 1 saturated heterocycles. The van der Waals surface area contributed by atoms with Gasteiger partial charge in [-0.25, -0.2) is 9.87 Å². The van der Waals surface area contributed by atoms with Gasteiger partial charge in [0.2, 0.25) is 0 Å². The molecular formula is C11H13FN2O. The minimum Gasteiger partial charge on any atom is -0.382 e. The topological polar surface area (TPSA) is 33.3 Å². The highest BCUT2D eigenvalue weighted by Crippen LogP contribution is 2.43. The SMILES string of the molecule is Fc1ccc2c(C3CCNCC3)c1NO2. The number of benzene rings is 1. The molecule has 0 aromatic heterocycles. The van der Waals surface area contributed by atoms with Crippen molar-refractivity contribution in [1.82, 2.24) is 5.32 Å². The van der Waals surface area contributed by atoms with Gasteiger partial charge in [0.15, 0.2) is 5.75 Å². The number of rotatable bonds is 1. The monoisotopic (exact) mass is 208 g/mol. The molecule has 0 aliphatic carbocycles. The summed E-state index contributed by atoms with van der Waals surface area (Å²) < 4.78 is 13.5. The van der Waals surface area contributed by atoms with Crippen LogP contribution in [0, 0.1) is 5.82 Å². The second kappa shape index (κ2) is 3.38. The van der Waals surface area contributed by atoms with Crippen LogP contribution < -0.4 is 15.6 Å². The first-order chi connectivity index (χ1) is 7.36. The fraction of sp³-hybridized carbons (Fsp3) is 0.455. The predicted molar refractivity (Wildman–Crippen MR) is 55.5 cm³/mol. The summed E-state index contributed by atoms with van der Waals surface area (Å²) in [7, 11) is 0. The molecule has 2 N–H and O–H groups in total. The van der Waals surface area contributed by atoms with Crippen molar-refractivity contribution >= 4 is 5.69 Å². The first-order valence-corrected chi connectivity index (χ1v) is 5.32. The number of anilines is 1. The maximum absolute atomic E-state index is 13.5. The molecule has 3 rings (SSSR count). The average Bonchev–Trinajstić information content (AvgIpc) is 2.62. The lowest BCUT2D eigenvalue weighted by Crippen LogP contribution is -2.26. The second-order valence-electron chi connectivity index (χ2n) is 4.06. The van der Waals surface area contributed by atoms with Crippen LogP contribution in [0.5, 0.6) is 5.75 Å². The highest BCUT2D eigenvalue weighted by Gasteiger charge is 2.28. The zero-order valence-electron chi connectivity index (χ0n) is 8.35. The molecule has 4 heteroatoms. The third-order valence-corrected chi connectivity index (χ3v) is 3.17. The molecule has 0 radical (unpaired) electrons. The Morgan fingerprint density at radius 2 is 2.07 bits per heavy atom. The van der Waals surface area contributed by atoms with Crippen LogP contribution >= 0.6 is 0 Å². The van der Waals surface area contributed by atoms with Gasteiger partial charge in [-0.2, -0.15) is 0 Å². The molecule has 0 unspecified atom stereocenters. The van der Waals surface area contributed by atoms with Gasteiger partial charge in [0.1, 0.15) is 11.5 Å². The van der Waals surface area contributed by atoms with E-state index < -0.39 is 0 Å². The minimum absolute atomic E-state index is 0.218. The van der Waals surface area contributed by atoms with Crippen molar-refractivity contribution in [2.45, 2.75) is 18.8 Å². The maximum Gasteiger partial charge on any atom is 0.160 e. The van der Waals surface area contributed by atoms with E-state index in [-0.39, 0.29) is 5.82 Å². The van der Waals surface area contributed by atoms with Crippen molar-refractivity contribution in [3.8, 4) is 5.75 Å². The summed E-state index contributed by atoms with van der Waals surface area (Å²) >= 11 is 0. The molecule has 1 fully saturated rings. The fourth-order valence-electron chi connectivity index (χ4n) is 2.39. The second-order valence-corrected chi connectivity index (χ2v) is 4.06. The van der Waals surface area contributed by atoms with E-state index in [2.05, 4.69) is 10.8 Å². The van der Waals surface area contributed by atoms with Gasteiger partial charge in [0, 0.05) is 5.56 Å². The van der Waals surface area contributed by atoms with E-state index in [9.17, 15) is 4.39 Å². The molecule has 1 aromatic rings. The van der Waals surface area contributed by atoms with Crippen molar-refractivity contribution in [3.63, 3.8) is 0 Å². The summed E-state index contributed by atoms with van der Waals surface area (Å²) in [4.78, 5) is 5.24. The summed E-state index contributed by atoms with van der Waals surface area (Å²) in [6.07, 6.45) is 2.10. The normalized spacial score (nSPS) is 19.8. The van der Waals surface area contributed by atoms with Crippen LogP contribution in [-0.2, 0) is 0 Å². The average molecular weight is 208 g/mol. The zero-order chi connectivity index (χ0) is 10.3. The summed E-state index contributed by atoms with van der Waals surface area (Å²) in [6.45, 7) is 2.00. The number of halogens is 1. The number of hydrogen-bond acceptors (Lipinski definition) is 3. The highest BCUT2D eigenvalue weighted by atomic mass is 19.1. The molecule has 15 heavy (non-hydrogen) atoms. The predicted octanol–water partition coefficient (Wildman–Crippen LogP) is 2.01. The van der Waals surface area contributed by atoms with Crippen LogP contribution in [-0.4, -0.2) is 13.1 Å². The Balaban J connectivity index is 2.01. The van der Waals surface area contributed by atoms with Gasteiger partial charge in [-0.05, 0) is 44.0 Å². The minimum atomic E-state index is -0.218. The number of hydrogen-bond donors (Lipinski definition) is 2. The molecule has 0 amide bonds. The Labute approximate surface area is 87.6 Å². The van der Waals surface area contributed by atoms with Gasteiger partial charge in [0.25, 0.3) is 0 Å². The van der Waals surface area contributed by atoms with E-state index >= 15 is 0 Å². The van der Waals surface area contributed by atoms with Crippen LogP contribution in [0.25, 0.3) is 0 Å². The van der Waals surface area contributed by atoms with Crippen LogP contribution in [0.1, 0.15) is 24.3 Å². The molecule has 80 valence electrons. The molecule has 2 bridgehead atoms. The Hall–Kier alpha value is -1.29. The third kappa shape index (κ3) is 1.36. The highest BCUT2D eigenvalue weighted by molar-refractivity contribution is 5.63. The van der Waals surface area contributed by atoms with Gasteiger partial charge in [0.05, 0.1) is 0 Å². The number of nitrogens with one attached hydrogen (secondary N) is 2. The first kappa shape index (κ1) is 8.97. The van der Waals surface area contributed by atoms with Crippen LogP contribution in [0.4, 0.5) is 10.1 Å². The lowest BCUT2D eigenvalue weighted by atomic mass is 9.89. The van der Waals surface area contributed by atoms with Crippen LogP contribution in [0.2, 0.25) is 0 Å². The van der Waals surface area contributed by atoms with Crippen molar-refractivity contribution in [2.75, 3.05) is 18.6 Å². The molecular weight excluding hydrogens is 195 g/mol. The van der Waals surface area contributed by atoms with E-state index in [0.29, 0.717) is 11.6 Å². The van der Waals surface area contributed by atoms with E-state index in [4.69, 9.17) is 4.84 Å². The quantitative estimate of drug-likeness (QED) is 0.740. The first-order valence-electron chi connectivity index (χ1n) is 5.32. The number of fused-ring (bicyclic) bond motifs is 2. The van der Waals surface area contributed by atoms with E-state index in [1.165, 1.54) is 6.07 Å². The molecule has 2 heterocycles. The largest absolute Gasteiger partial charge is 0.382 e. The Kier molecular flexibility index (Phi) is 2.02. The Bertz CT molecular complexity index is 388. The summed E-state index contributed by atoms with van der Waals surface area (Å²) in [5.41, 5.74) is 4.23. The number of piperidine rings is 1. The van der Waals surface area contributed by atoms with Crippen molar-refractivity contribution < 1.29 is 9.23 Å². The van der Waals surface area contributed by atoms with Gasteiger partial charge in [-0.3, -0.25) is 0 Å². The van der Waals surface area contributed by atoms with Gasteiger partial charge in [-0.15, -0.1) is 0 Å². The van der Waals surface area contributed by atoms with E-state index in [1.54, 1.807) is 6.07 Å². The van der Waals surface area contributed by atoms with E-state index in [0.717, 1.165) is 37.2 Å². The summed E-state index contributed by atoms with van der Waals surface area (Å²) in [6, 6.07) is 3.16. The van der Waals surface area contributed by atoms with E-state index in [1.807, 2.05) is 0 Å². The van der Waals surface area contributed by atoms with Gasteiger partial charge >= 0.3 is 0 Å². The summed E-state index contributed by atoms with van der Waals surface area (Å²) in [5, 5.41) is 3.30. The molecule has 0 atom stereocenters. The molecule has 2 aliphatic heterocycles. The van der Waals surface area contributed by atoms with Crippen molar-refractivity contribution in [1.29, 1.82) is 0 Å². The van der Waals surface area contributed by atoms with Crippen molar-refractivity contribution in [3.05, 3.63) is 23.5 Å². The smallest absolute Gasteiger partial charge is 0.160 e. The lowest BCUT2D eigenvalue weighted by Gasteiger charge is -2.22. The fourth-order valence-corrected chi connectivity index (χ4v) is 2.39. The van der Waals surface area contributed by atoms with Crippen LogP contribution in [0.3, 0.4) is 0 Å². The Morgan fingerprint density at radius 1 is 1.27 bits per heavy atom.